The number of halogens is 3. The molecule has 2 rings (SSSR count). The van der Waals surface area contributed by atoms with Crippen LogP contribution in [0.3, 0.4) is 0 Å². The molecule has 3 nitrogen and oxygen atoms in total. The van der Waals surface area contributed by atoms with Crippen molar-refractivity contribution in [2.75, 3.05) is 25.6 Å². The van der Waals surface area contributed by atoms with Gasteiger partial charge in [0.25, 0.3) is 5.91 Å². The van der Waals surface area contributed by atoms with E-state index < -0.39 is 11.6 Å². The van der Waals surface area contributed by atoms with Gasteiger partial charge in [-0.15, -0.1) is 11.6 Å². The quantitative estimate of drug-likeness (QED) is 0.773. The molecule has 1 aromatic rings. The van der Waals surface area contributed by atoms with Crippen molar-refractivity contribution in [3.63, 3.8) is 0 Å². The van der Waals surface area contributed by atoms with Gasteiger partial charge in [-0.05, 0) is 18.2 Å². The molecule has 0 aromatic heterocycles. The molecule has 1 aromatic carbocycles. The van der Waals surface area contributed by atoms with Crippen LogP contribution in [0.2, 0.25) is 0 Å². The van der Waals surface area contributed by atoms with E-state index in [1.165, 1.54) is 11.0 Å². The fourth-order valence-electron chi connectivity index (χ4n) is 1.85. The van der Waals surface area contributed by atoms with Gasteiger partial charge in [-0.1, -0.05) is 0 Å². The van der Waals surface area contributed by atoms with Crippen LogP contribution < -0.4 is 0 Å². The molecule has 0 N–H and O–H groups in total. The van der Waals surface area contributed by atoms with Crippen LogP contribution in [0.4, 0.5) is 8.78 Å². The topological polar surface area (TPSA) is 29.5 Å². The highest BCUT2D eigenvalue weighted by Crippen LogP contribution is 2.15. The van der Waals surface area contributed by atoms with Crippen molar-refractivity contribution in [2.24, 2.45) is 0 Å². The second kappa shape index (κ2) is 5.63. The molecule has 0 saturated carbocycles. The Balaban J connectivity index is 2.21. The maximum Gasteiger partial charge on any atom is 0.254 e. The maximum atomic E-state index is 13.1. The molecule has 0 radical (unpaired) electrons. The number of hydrogen-bond acceptors (Lipinski definition) is 2. The lowest BCUT2D eigenvalue weighted by Gasteiger charge is -2.34. The zero-order valence-corrected chi connectivity index (χ0v) is 10.3. The van der Waals surface area contributed by atoms with Crippen LogP contribution in [-0.4, -0.2) is 42.5 Å². The molecular formula is C12H12ClF2NO2. The summed E-state index contributed by atoms with van der Waals surface area (Å²) in [5.41, 5.74) is 0.117. The van der Waals surface area contributed by atoms with Gasteiger partial charge in [0.2, 0.25) is 0 Å². The third-order valence-corrected chi connectivity index (χ3v) is 3.19. The summed E-state index contributed by atoms with van der Waals surface area (Å²) >= 11 is 5.76. The molecule has 1 fully saturated rings. The Kier molecular flexibility index (Phi) is 4.14. The molecule has 1 heterocycles. The average Bonchev–Trinajstić information content (AvgIpc) is 2.41. The molecule has 0 spiro atoms. The highest BCUT2D eigenvalue weighted by molar-refractivity contribution is 6.18. The Labute approximate surface area is 108 Å². The van der Waals surface area contributed by atoms with Gasteiger partial charge < -0.3 is 9.64 Å². The van der Waals surface area contributed by atoms with E-state index in [9.17, 15) is 13.6 Å². The summed E-state index contributed by atoms with van der Waals surface area (Å²) in [5.74, 6) is -2.11. The van der Waals surface area contributed by atoms with Gasteiger partial charge in [0.1, 0.15) is 0 Å². The summed E-state index contributed by atoms with van der Waals surface area (Å²) in [7, 11) is 0. The normalized spacial score (nSPS) is 19.9. The Hall–Kier alpha value is -1.20. The van der Waals surface area contributed by atoms with Gasteiger partial charge in [-0.2, -0.15) is 0 Å². The molecule has 0 bridgehead atoms. The van der Waals surface area contributed by atoms with Crippen molar-refractivity contribution in [1.82, 2.24) is 4.90 Å². The van der Waals surface area contributed by atoms with E-state index in [1.54, 1.807) is 0 Å². The molecule has 1 unspecified atom stereocenters. The molecule has 1 amide bonds. The lowest BCUT2D eigenvalue weighted by atomic mass is 10.1. The summed E-state index contributed by atoms with van der Waals surface area (Å²) in [6, 6.07) is 2.87. The third kappa shape index (κ3) is 2.62. The van der Waals surface area contributed by atoms with Crippen LogP contribution >= 0.6 is 11.6 Å². The molecule has 1 atom stereocenters. The van der Waals surface area contributed by atoms with Gasteiger partial charge in [0.05, 0.1) is 19.3 Å². The van der Waals surface area contributed by atoms with Gasteiger partial charge in [0, 0.05) is 18.0 Å². The molecule has 6 heteroatoms. The molecule has 1 saturated heterocycles. The van der Waals surface area contributed by atoms with E-state index in [4.69, 9.17) is 16.3 Å². The average molecular weight is 276 g/mol. The van der Waals surface area contributed by atoms with Crippen molar-refractivity contribution < 1.29 is 18.3 Å². The Morgan fingerprint density at radius 2 is 2.22 bits per heavy atom. The summed E-state index contributed by atoms with van der Waals surface area (Å²) in [5, 5.41) is 0. The van der Waals surface area contributed by atoms with Crippen LogP contribution in [0.15, 0.2) is 18.2 Å². The fourth-order valence-corrected chi connectivity index (χ4v) is 2.10. The summed E-state index contributed by atoms with van der Waals surface area (Å²) in [6.07, 6.45) is 0. The Morgan fingerprint density at radius 3 is 2.89 bits per heavy atom. The van der Waals surface area contributed by atoms with Crippen molar-refractivity contribution in [2.45, 2.75) is 6.04 Å². The standard InChI is InChI=1S/C12H12ClF2NO2/c13-6-9-7-18-4-3-16(9)12(17)8-1-2-10(14)11(15)5-8/h1-2,5,9H,3-4,6-7H2. The van der Waals surface area contributed by atoms with Crippen LogP contribution in [0, 0.1) is 11.6 Å². The number of morpholine rings is 1. The van der Waals surface area contributed by atoms with Crippen LogP contribution in [0.25, 0.3) is 0 Å². The molecule has 1 aliphatic heterocycles. The number of hydrogen-bond donors (Lipinski definition) is 0. The lowest BCUT2D eigenvalue weighted by Crippen LogP contribution is -2.49. The third-order valence-electron chi connectivity index (χ3n) is 2.83. The van der Waals surface area contributed by atoms with E-state index in [1.807, 2.05) is 0 Å². The van der Waals surface area contributed by atoms with Crippen LogP contribution in [0.1, 0.15) is 10.4 Å². The summed E-state index contributed by atoms with van der Waals surface area (Å²) in [6.45, 7) is 1.18. The molecule has 0 aliphatic carbocycles. The number of carbonyl (C=O) groups excluding carboxylic acids is 1. The molecule has 1 aliphatic rings. The second-order valence-corrected chi connectivity index (χ2v) is 4.32. The van der Waals surface area contributed by atoms with E-state index in [2.05, 4.69) is 0 Å². The van der Waals surface area contributed by atoms with Crippen molar-refractivity contribution >= 4 is 17.5 Å². The largest absolute Gasteiger partial charge is 0.377 e. The first-order chi connectivity index (χ1) is 8.63. The van der Waals surface area contributed by atoms with Gasteiger partial charge in [-0.3, -0.25) is 4.79 Å². The number of ether oxygens (including phenoxy) is 1. The van der Waals surface area contributed by atoms with E-state index >= 15 is 0 Å². The number of rotatable bonds is 2. The number of nitrogens with zero attached hydrogens (tertiary/aromatic N) is 1. The predicted octanol–water partition coefficient (Wildman–Crippen LogP) is 2.04. The first-order valence-electron chi connectivity index (χ1n) is 5.53. The summed E-state index contributed by atoms with van der Waals surface area (Å²) in [4.78, 5) is 13.7. The Bertz CT molecular complexity index is 456. The SMILES string of the molecule is O=C(c1ccc(F)c(F)c1)N1CCOCC1CCl. The van der Waals surface area contributed by atoms with Gasteiger partial charge >= 0.3 is 0 Å². The lowest BCUT2D eigenvalue weighted by molar-refractivity contribution is 0.00453. The number of alkyl halides is 1. The van der Waals surface area contributed by atoms with Crippen molar-refractivity contribution in [3.8, 4) is 0 Å². The first-order valence-corrected chi connectivity index (χ1v) is 6.06. The number of carbonyl (C=O) groups is 1. The highest BCUT2D eigenvalue weighted by atomic mass is 35.5. The Morgan fingerprint density at radius 1 is 1.44 bits per heavy atom. The van der Waals surface area contributed by atoms with Crippen LogP contribution in [0.5, 0.6) is 0 Å². The van der Waals surface area contributed by atoms with E-state index in [0.29, 0.717) is 19.8 Å². The van der Waals surface area contributed by atoms with Gasteiger partial charge in [0.15, 0.2) is 11.6 Å². The molecular weight excluding hydrogens is 264 g/mol. The minimum absolute atomic E-state index is 0.117. The fraction of sp³-hybridized carbons (Fsp3) is 0.417. The highest BCUT2D eigenvalue weighted by Gasteiger charge is 2.27. The minimum atomic E-state index is -1.03. The summed E-state index contributed by atoms with van der Waals surface area (Å²) < 4.78 is 31.1. The number of benzene rings is 1. The van der Waals surface area contributed by atoms with E-state index in [0.717, 1.165) is 12.1 Å². The van der Waals surface area contributed by atoms with Gasteiger partial charge in [-0.25, -0.2) is 8.78 Å². The monoisotopic (exact) mass is 275 g/mol. The first kappa shape index (κ1) is 13.2. The predicted molar refractivity (Wildman–Crippen MR) is 62.7 cm³/mol. The zero-order valence-electron chi connectivity index (χ0n) is 9.54. The number of amides is 1. The van der Waals surface area contributed by atoms with E-state index in [-0.39, 0.29) is 23.4 Å². The maximum absolute atomic E-state index is 13.1. The van der Waals surface area contributed by atoms with Crippen molar-refractivity contribution in [1.29, 1.82) is 0 Å². The minimum Gasteiger partial charge on any atom is -0.377 e. The molecule has 18 heavy (non-hydrogen) atoms. The second-order valence-electron chi connectivity index (χ2n) is 4.01. The molecule has 98 valence electrons. The van der Waals surface area contributed by atoms with Crippen molar-refractivity contribution in [3.05, 3.63) is 35.4 Å². The zero-order chi connectivity index (χ0) is 13.1. The van der Waals surface area contributed by atoms with Crippen LogP contribution in [-0.2, 0) is 4.74 Å². The smallest absolute Gasteiger partial charge is 0.254 e.